The van der Waals surface area contributed by atoms with Gasteiger partial charge in [0.2, 0.25) is 0 Å². The van der Waals surface area contributed by atoms with Crippen molar-refractivity contribution in [2.24, 2.45) is 5.16 Å². The Bertz CT molecular complexity index is 775. The van der Waals surface area contributed by atoms with Crippen molar-refractivity contribution in [1.82, 2.24) is 10.3 Å². The minimum Gasteiger partial charge on any atom is -0.370 e. The fourth-order valence-electron chi connectivity index (χ4n) is 2.50. The second-order valence-corrected chi connectivity index (χ2v) is 5.57. The first-order chi connectivity index (χ1) is 11.6. The number of carbonyl (C=O) groups excluding carboxylic acids is 2. The van der Waals surface area contributed by atoms with Gasteiger partial charge in [0.05, 0.1) is 12.1 Å². The van der Waals surface area contributed by atoms with Crippen molar-refractivity contribution < 1.29 is 14.4 Å². The molecule has 1 aliphatic heterocycles. The zero-order valence-corrected chi connectivity index (χ0v) is 13.2. The van der Waals surface area contributed by atoms with Gasteiger partial charge >= 0.3 is 0 Å². The van der Waals surface area contributed by atoms with Crippen molar-refractivity contribution in [2.45, 2.75) is 25.5 Å². The summed E-state index contributed by atoms with van der Waals surface area (Å²) in [5, 5.41) is 6.69. The van der Waals surface area contributed by atoms with Crippen LogP contribution < -0.4 is 5.32 Å². The molecule has 2 aromatic rings. The van der Waals surface area contributed by atoms with Gasteiger partial charge in [0, 0.05) is 12.7 Å². The molecule has 0 fully saturated rings. The predicted octanol–water partition coefficient (Wildman–Crippen LogP) is 1.85. The highest BCUT2D eigenvalue weighted by Crippen LogP contribution is 2.28. The number of hydrogen-bond acceptors (Lipinski definition) is 5. The number of benzene rings is 1. The number of nitrogens with one attached hydrogen (secondary N) is 1. The molecule has 1 atom stereocenters. The second kappa shape index (κ2) is 6.62. The molecule has 1 unspecified atom stereocenters. The lowest BCUT2D eigenvalue weighted by Gasteiger charge is -2.22. The van der Waals surface area contributed by atoms with Crippen LogP contribution in [-0.4, -0.2) is 28.0 Å². The number of oxime groups is 1. The van der Waals surface area contributed by atoms with E-state index in [0.29, 0.717) is 18.0 Å². The minimum atomic E-state index is -1.62. The molecule has 1 aliphatic rings. The number of nitrogens with zero attached hydrogens (tertiary/aromatic N) is 2. The van der Waals surface area contributed by atoms with E-state index >= 15 is 0 Å². The molecule has 1 N–H and O–H groups in total. The number of pyridine rings is 1. The Labute approximate surface area is 139 Å². The van der Waals surface area contributed by atoms with Crippen molar-refractivity contribution in [3.05, 3.63) is 66.0 Å². The van der Waals surface area contributed by atoms with Gasteiger partial charge in [0.25, 0.3) is 11.5 Å². The molecule has 0 saturated heterocycles. The van der Waals surface area contributed by atoms with Gasteiger partial charge in [-0.2, -0.15) is 0 Å². The molecule has 2 heterocycles. The van der Waals surface area contributed by atoms with Gasteiger partial charge in [-0.1, -0.05) is 41.6 Å². The average molecular weight is 323 g/mol. The zero-order valence-electron chi connectivity index (χ0n) is 13.2. The Morgan fingerprint density at radius 2 is 1.92 bits per heavy atom. The first kappa shape index (κ1) is 15.9. The largest absolute Gasteiger partial charge is 0.370 e. The Morgan fingerprint density at radius 1 is 1.17 bits per heavy atom. The highest BCUT2D eigenvalue weighted by Gasteiger charge is 2.51. The molecule has 0 aliphatic carbocycles. The summed E-state index contributed by atoms with van der Waals surface area (Å²) >= 11 is 0. The maximum atomic E-state index is 12.6. The first-order valence-electron chi connectivity index (χ1n) is 7.61. The summed E-state index contributed by atoms with van der Waals surface area (Å²) in [5.41, 5.74) is 0.396. The first-order valence-corrected chi connectivity index (χ1v) is 7.61. The Morgan fingerprint density at radius 3 is 2.58 bits per heavy atom. The zero-order chi connectivity index (χ0) is 17.0. The maximum absolute atomic E-state index is 12.6. The molecule has 122 valence electrons. The van der Waals surface area contributed by atoms with Crippen LogP contribution in [0.25, 0.3) is 0 Å². The van der Waals surface area contributed by atoms with Crippen LogP contribution in [0.15, 0.2) is 59.9 Å². The van der Waals surface area contributed by atoms with Crippen molar-refractivity contribution >= 4 is 17.4 Å². The van der Waals surface area contributed by atoms with Crippen LogP contribution in [0.5, 0.6) is 0 Å². The summed E-state index contributed by atoms with van der Waals surface area (Å²) in [6.07, 6.45) is 1.70. The number of Topliss-reactive ketones (excluding diaryl/α,β-unsaturated/α-hetero) is 1. The van der Waals surface area contributed by atoms with Crippen LogP contribution in [-0.2, 0) is 21.0 Å². The van der Waals surface area contributed by atoms with E-state index in [1.807, 2.05) is 36.4 Å². The summed E-state index contributed by atoms with van der Waals surface area (Å²) in [6, 6.07) is 14.8. The van der Waals surface area contributed by atoms with Crippen molar-refractivity contribution in [1.29, 1.82) is 0 Å². The van der Waals surface area contributed by atoms with E-state index in [9.17, 15) is 9.59 Å². The lowest BCUT2D eigenvalue weighted by atomic mass is 9.91. The van der Waals surface area contributed by atoms with E-state index in [4.69, 9.17) is 4.84 Å². The summed E-state index contributed by atoms with van der Waals surface area (Å²) < 4.78 is 0. The maximum Gasteiger partial charge on any atom is 0.277 e. The number of carbonyl (C=O) groups is 2. The van der Waals surface area contributed by atoms with Crippen molar-refractivity contribution in [3.8, 4) is 0 Å². The summed E-state index contributed by atoms with van der Waals surface area (Å²) in [6.45, 7) is 1.65. The standard InChI is InChI=1S/C18H17N3O3/c1-13(22)18(17(23)20-12-14-7-3-2-4-8-14)11-16(21-24-18)15-9-5-6-10-19-15/h2-10H,11-12H2,1H3,(H,20,23). The molecule has 1 aromatic heterocycles. The topological polar surface area (TPSA) is 80.7 Å². The fourth-order valence-corrected chi connectivity index (χ4v) is 2.50. The van der Waals surface area contributed by atoms with Crippen LogP contribution in [0.1, 0.15) is 24.6 Å². The highest BCUT2D eigenvalue weighted by molar-refractivity contribution is 6.15. The van der Waals surface area contributed by atoms with Gasteiger partial charge in [-0.15, -0.1) is 0 Å². The number of hydrogen-bond donors (Lipinski definition) is 1. The molecular formula is C18H17N3O3. The third-order valence-corrected chi connectivity index (χ3v) is 3.92. The predicted molar refractivity (Wildman–Crippen MR) is 88.2 cm³/mol. The van der Waals surface area contributed by atoms with Gasteiger partial charge in [-0.3, -0.25) is 14.6 Å². The molecule has 6 nitrogen and oxygen atoms in total. The smallest absolute Gasteiger partial charge is 0.277 e. The fraction of sp³-hybridized carbons (Fsp3) is 0.222. The average Bonchev–Trinajstić information content (AvgIpc) is 3.08. The molecule has 0 saturated carbocycles. The lowest BCUT2D eigenvalue weighted by Crippen LogP contribution is -2.52. The quantitative estimate of drug-likeness (QED) is 0.852. The molecule has 0 spiro atoms. The molecule has 3 rings (SSSR count). The van der Waals surface area contributed by atoms with E-state index in [1.165, 1.54) is 6.92 Å². The van der Waals surface area contributed by atoms with Crippen LogP contribution in [0, 0.1) is 0 Å². The third-order valence-electron chi connectivity index (χ3n) is 3.92. The Balaban J connectivity index is 1.73. The number of ketones is 1. The Hall–Kier alpha value is -3.02. The highest BCUT2D eigenvalue weighted by atomic mass is 16.7. The number of amides is 1. The second-order valence-electron chi connectivity index (χ2n) is 5.57. The van der Waals surface area contributed by atoms with E-state index < -0.39 is 11.5 Å². The van der Waals surface area contributed by atoms with Crippen LogP contribution in [0.2, 0.25) is 0 Å². The normalized spacial score (nSPS) is 19.3. The van der Waals surface area contributed by atoms with E-state index in [2.05, 4.69) is 15.5 Å². The molecule has 6 heteroatoms. The molecule has 0 radical (unpaired) electrons. The van der Waals surface area contributed by atoms with Gasteiger partial charge in [0.15, 0.2) is 5.78 Å². The molecule has 24 heavy (non-hydrogen) atoms. The van der Waals surface area contributed by atoms with Gasteiger partial charge in [0.1, 0.15) is 5.71 Å². The summed E-state index contributed by atoms with van der Waals surface area (Å²) in [7, 11) is 0. The van der Waals surface area contributed by atoms with E-state index in [-0.39, 0.29) is 12.2 Å². The van der Waals surface area contributed by atoms with Gasteiger partial charge in [-0.05, 0) is 24.6 Å². The lowest BCUT2D eigenvalue weighted by molar-refractivity contribution is -0.155. The monoisotopic (exact) mass is 323 g/mol. The number of aromatic nitrogens is 1. The van der Waals surface area contributed by atoms with Crippen LogP contribution in [0.4, 0.5) is 0 Å². The number of rotatable bonds is 5. The summed E-state index contributed by atoms with van der Waals surface area (Å²) in [4.78, 5) is 34.2. The Kier molecular flexibility index (Phi) is 4.37. The molecule has 1 amide bonds. The van der Waals surface area contributed by atoms with E-state index in [1.54, 1.807) is 18.3 Å². The van der Waals surface area contributed by atoms with E-state index in [0.717, 1.165) is 5.56 Å². The van der Waals surface area contributed by atoms with Gasteiger partial charge < -0.3 is 10.2 Å². The summed E-state index contributed by atoms with van der Waals surface area (Å²) in [5.74, 6) is -0.878. The third kappa shape index (κ3) is 3.03. The van der Waals surface area contributed by atoms with Crippen molar-refractivity contribution in [2.75, 3.05) is 0 Å². The van der Waals surface area contributed by atoms with Gasteiger partial charge in [-0.25, -0.2) is 0 Å². The molecule has 0 bridgehead atoms. The van der Waals surface area contributed by atoms with Crippen LogP contribution >= 0.6 is 0 Å². The van der Waals surface area contributed by atoms with Crippen LogP contribution in [0.3, 0.4) is 0 Å². The molecular weight excluding hydrogens is 306 g/mol. The van der Waals surface area contributed by atoms with Crippen molar-refractivity contribution in [3.63, 3.8) is 0 Å². The minimum absolute atomic E-state index is 0.0694. The molecule has 1 aromatic carbocycles. The SMILES string of the molecule is CC(=O)C1(C(=O)NCc2ccccc2)CC(c2ccccn2)=NO1.